The summed E-state index contributed by atoms with van der Waals surface area (Å²) < 4.78 is 12.4. The summed E-state index contributed by atoms with van der Waals surface area (Å²) in [5.74, 6) is -0.678. The largest absolute Gasteiger partial charge is 0.343 e. The van der Waals surface area contributed by atoms with Crippen LogP contribution >= 0.6 is 0 Å². The lowest BCUT2D eigenvalue weighted by atomic mass is 9.92. The second-order valence-corrected chi connectivity index (χ2v) is 8.64. The molecule has 0 spiro atoms. The highest BCUT2D eigenvalue weighted by Gasteiger charge is 2.46. The average molecular weight is 397 g/mol. The minimum absolute atomic E-state index is 0.178. The first-order chi connectivity index (χ1) is 13.8. The molecule has 1 aliphatic rings. The molecule has 0 radical (unpaired) electrons. The monoisotopic (exact) mass is 396 g/mol. The van der Waals surface area contributed by atoms with E-state index in [1.165, 1.54) is 22.3 Å². The minimum Gasteiger partial charge on any atom is -0.343 e. The summed E-state index contributed by atoms with van der Waals surface area (Å²) >= 11 is 0. The van der Waals surface area contributed by atoms with Gasteiger partial charge in [0.05, 0.1) is 0 Å². The number of hydrogen-bond acceptors (Lipinski definition) is 4. The molecule has 29 heavy (non-hydrogen) atoms. The molecular formula is C25H36N2O2. The van der Waals surface area contributed by atoms with Crippen LogP contribution < -0.4 is 11.5 Å². The SMILES string of the molecule is CCc1ccc(C[C@@H](N)[C@@H]2OC(C)(C)O[C@H]2[C@H](N)Cc2ccc(CC)cc2)cc1. The van der Waals surface area contributed by atoms with Gasteiger partial charge in [-0.1, -0.05) is 62.4 Å². The highest BCUT2D eigenvalue weighted by molar-refractivity contribution is 5.25. The van der Waals surface area contributed by atoms with Gasteiger partial charge in [-0.3, -0.25) is 0 Å². The molecule has 1 fully saturated rings. The second kappa shape index (κ2) is 9.40. The van der Waals surface area contributed by atoms with Gasteiger partial charge in [0.15, 0.2) is 5.79 Å². The molecule has 2 aromatic rings. The predicted molar refractivity (Wildman–Crippen MR) is 119 cm³/mol. The topological polar surface area (TPSA) is 70.5 Å². The highest BCUT2D eigenvalue weighted by atomic mass is 16.8. The predicted octanol–water partition coefficient (Wildman–Crippen LogP) is 3.77. The summed E-state index contributed by atoms with van der Waals surface area (Å²) in [6.45, 7) is 8.19. The zero-order chi connectivity index (χ0) is 21.0. The van der Waals surface area contributed by atoms with Crippen molar-refractivity contribution in [2.45, 2.75) is 83.5 Å². The van der Waals surface area contributed by atoms with Crippen LogP contribution in [-0.2, 0) is 35.2 Å². The summed E-state index contributed by atoms with van der Waals surface area (Å²) in [6, 6.07) is 16.9. The quantitative estimate of drug-likeness (QED) is 0.712. The lowest BCUT2D eigenvalue weighted by molar-refractivity contribution is -0.149. The average Bonchev–Trinajstić information content (AvgIpc) is 3.05. The first-order valence-corrected chi connectivity index (χ1v) is 10.8. The highest BCUT2D eigenvalue weighted by Crippen LogP contribution is 2.32. The summed E-state index contributed by atoms with van der Waals surface area (Å²) in [5, 5.41) is 0. The van der Waals surface area contributed by atoms with E-state index in [1.54, 1.807) is 0 Å². The van der Waals surface area contributed by atoms with Gasteiger partial charge in [-0.2, -0.15) is 0 Å². The van der Waals surface area contributed by atoms with Crippen LogP contribution in [0.4, 0.5) is 0 Å². The van der Waals surface area contributed by atoms with Crippen LogP contribution in [0.25, 0.3) is 0 Å². The van der Waals surface area contributed by atoms with Gasteiger partial charge in [-0.15, -0.1) is 0 Å². The molecule has 4 atom stereocenters. The first kappa shape index (κ1) is 22.0. The van der Waals surface area contributed by atoms with Crippen molar-refractivity contribution < 1.29 is 9.47 Å². The van der Waals surface area contributed by atoms with Gasteiger partial charge in [0, 0.05) is 12.1 Å². The van der Waals surface area contributed by atoms with Gasteiger partial charge in [-0.25, -0.2) is 0 Å². The van der Waals surface area contributed by atoms with Crippen molar-refractivity contribution in [1.29, 1.82) is 0 Å². The van der Waals surface area contributed by atoms with E-state index in [9.17, 15) is 0 Å². The Hall–Kier alpha value is -1.72. The normalized spacial score (nSPS) is 23.1. The van der Waals surface area contributed by atoms with Gasteiger partial charge in [-0.05, 0) is 61.8 Å². The zero-order valence-corrected chi connectivity index (χ0v) is 18.2. The molecule has 158 valence electrons. The number of hydrogen-bond donors (Lipinski definition) is 2. The van der Waals surface area contributed by atoms with Gasteiger partial charge in [0.2, 0.25) is 0 Å². The molecule has 0 aliphatic carbocycles. The third-order valence-corrected chi connectivity index (χ3v) is 5.81. The van der Waals surface area contributed by atoms with E-state index in [0.29, 0.717) is 0 Å². The Morgan fingerprint density at radius 1 is 0.690 bits per heavy atom. The van der Waals surface area contributed by atoms with E-state index in [4.69, 9.17) is 20.9 Å². The van der Waals surface area contributed by atoms with Crippen molar-refractivity contribution in [3.63, 3.8) is 0 Å². The molecule has 4 heteroatoms. The number of benzene rings is 2. The van der Waals surface area contributed by atoms with Crippen molar-refractivity contribution in [2.75, 3.05) is 0 Å². The van der Waals surface area contributed by atoms with E-state index in [2.05, 4.69) is 62.4 Å². The first-order valence-electron chi connectivity index (χ1n) is 10.8. The molecule has 0 bridgehead atoms. The lowest BCUT2D eigenvalue weighted by Gasteiger charge is -2.27. The molecular weight excluding hydrogens is 360 g/mol. The maximum atomic E-state index is 6.60. The maximum Gasteiger partial charge on any atom is 0.163 e. The molecule has 0 unspecified atom stereocenters. The summed E-state index contributed by atoms with van der Waals surface area (Å²) in [7, 11) is 0. The third kappa shape index (κ3) is 5.67. The van der Waals surface area contributed by atoms with E-state index in [0.717, 1.165) is 25.7 Å². The Morgan fingerprint density at radius 3 is 1.31 bits per heavy atom. The maximum absolute atomic E-state index is 6.60. The van der Waals surface area contributed by atoms with Crippen molar-refractivity contribution in [2.24, 2.45) is 11.5 Å². The molecule has 1 saturated heterocycles. The molecule has 1 heterocycles. The second-order valence-electron chi connectivity index (χ2n) is 8.64. The Morgan fingerprint density at radius 2 is 1.00 bits per heavy atom. The van der Waals surface area contributed by atoms with E-state index in [-0.39, 0.29) is 24.3 Å². The molecule has 2 aromatic carbocycles. The molecule has 3 rings (SSSR count). The van der Waals surface area contributed by atoms with Crippen LogP contribution in [0.2, 0.25) is 0 Å². The number of rotatable bonds is 8. The molecule has 4 N–H and O–H groups in total. The van der Waals surface area contributed by atoms with Gasteiger partial charge < -0.3 is 20.9 Å². The van der Waals surface area contributed by atoms with Crippen LogP contribution in [0.15, 0.2) is 48.5 Å². The minimum atomic E-state index is -0.678. The summed E-state index contributed by atoms with van der Waals surface area (Å²) in [4.78, 5) is 0. The molecule has 4 nitrogen and oxygen atoms in total. The van der Waals surface area contributed by atoms with Crippen molar-refractivity contribution in [3.05, 3.63) is 70.8 Å². The van der Waals surface area contributed by atoms with Crippen molar-refractivity contribution in [1.82, 2.24) is 0 Å². The Labute approximate surface area is 175 Å². The van der Waals surface area contributed by atoms with Crippen molar-refractivity contribution in [3.8, 4) is 0 Å². The number of ether oxygens (including phenoxy) is 2. The van der Waals surface area contributed by atoms with Crippen LogP contribution in [0.1, 0.15) is 49.9 Å². The third-order valence-electron chi connectivity index (χ3n) is 5.81. The summed E-state index contributed by atoms with van der Waals surface area (Å²) in [5.41, 5.74) is 18.3. The molecule has 0 aromatic heterocycles. The molecule has 0 saturated carbocycles. The van der Waals surface area contributed by atoms with Crippen LogP contribution in [0, 0.1) is 0 Å². The van der Waals surface area contributed by atoms with Gasteiger partial charge in [0.1, 0.15) is 12.2 Å². The fourth-order valence-corrected chi connectivity index (χ4v) is 4.08. The van der Waals surface area contributed by atoms with E-state index >= 15 is 0 Å². The van der Waals surface area contributed by atoms with Gasteiger partial charge >= 0.3 is 0 Å². The molecule has 0 amide bonds. The van der Waals surface area contributed by atoms with Crippen molar-refractivity contribution >= 4 is 0 Å². The zero-order valence-electron chi connectivity index (χ0n) is 18.2. The molecule has 1 aliphatic heterocycles. The Bertz CT molecular complexity index is 705. The van der Waals surface area contributed by atoms with Crippen LogP contribution in [0.5, 0.6) is 0 Å². The fraction of sp³-hybridized carbons (Fsp3) is 0.520. The number of aryl methyl sites for hydroxylation is 2. The number of nitrogens with two attached hydrogens (primary N) is 2. The Kier molecular flexibility index (Phi) is 7.12. The van der Waals surface area contributed by atoms with Crippen LogP contribution in [0.3, 0.4) is 0 Å². The Balaban J connectivity index is 1.69. The lowest BCUT2D eigenvalue weighted by Crippen LogP contribution is -2.51. The van der Waals surface area contributed by atoms with Gasteiger partial charge in [0.25, 0.3) is 0 Å². The smallest absolute Gasteiger partial charge is 0.163 e. The fourth-order valence-electron chi connectivity index (χ4n) is 4.08. The standard InChI is InChI=1S/C25H36N2O2/c1-5-17-7-11-19(12-8-17)15-21(26)23-24(29-25(3,4)28-23)22(27)16-20-13-9-18(6-2)10-14-20/h7-14,21-24H,5-6,15-16,26-27H2,1-4H3/t21-,22-,23+,24+/m1/s1. The summed E-state index contributed by atoms with van der Waals surface area (Å²) in [6.07, 6.45) is 3.08. The van der Waals surface area contributed by atoms with Crippen LogP contribution in [-0.4, -0.2) is 30.1 Å². The van der Waals surface area contributed by atoms with E-state index in [1.807, 2.05) is 13.8 Å². The van der Waals surface area contributed by atoms with E-state index < -0.39 is 5.79 Å².